The first-order chi connectivity index (χ1) is 32.2. The molecule has 13 rings (SSSR count). The van der Waals surface area contributed by atoms with Gasteiger partial charge in [-0.2, -0.15) is 0 Å². The van der Waals surface area contributed by atoms with E-state index in [-0.39, 0.29) is 10.8 Å². The summed E-state index contributed by atoms with van der Waals surface area (Å²) in [6.45, 7) is 9.55. The quantitative estimate of drug-likeness (QED) is 0.166. The number of fused-ring (bicyclic) bond motifs is 10. The molecule has 0 spiro atoms. The third-order valence-electron chi connectivity index (χ3n) is 14.9. The molecule has 2 heteroatoms. The van der Waals surface area contributed by atoms with Crippen molar-refractivity contribution >= 4 is 49.8 Å². The lowest BCUT2D eigenvalue weighted by Crippen LogP contribution is -2.18. The third kappa shape index (κ3) is 5.81. The molecule has 314 valence electrons. The van der Waals surface area contributed by atoms with E-state index in [2.05, 4.69) is 233 Å². The van der Waals surface area contributed by atoms with Gasteiger partial charge in [0, 0.05) is 38.7 Å². The van der Waals surface area contributed by atoms with Crippen molar-refractivity contribution in [2.45, 2.75) is 38.5 Å². The number of para-hydroxylation sites is 1. The Morgan fingerprint density at radius 2 is 0.773 bits per heavy atom. The number of rotatable bonds is 6. The molecule has 66 heavy (non-hydrogen) atoms. The topological polar surface area (TPSA) is 16.4 Å². The molecule has 11 aromatic rings. The molecule has 1 heterocycles. The Hall–Kier alpha value is -7.94. The summed E-state index contributed by atoms with van der Waals surface area (Å²) in [6, 6.07) is 78.5. The van der Waals surface area contributed by atoms with Gasteiger partial charge in [0.25, 0.3) is 0 Å². The summed E-state index contributed by atoms with van der Waals surface area (Å²) in [7, 11) is 0. The molecule has 2 nitrogen and oxygen atoms in total. The van der Waals surface area contributed by atoms with Crippen molar-refractivity contribution < 1.29 is 4.42 Å². The SMILES string of the molecule is CC1(C)c2cc(-c3ccccc3)ccc2-c2ccc(N(c3ccc(-c4cccc5ccccc45)cc3)c3ccc4c(c3)C(C)(C)c3cc(-c5ccc6oc7ccccc7c6c5)ccc3-4)cc21. The van der Waals surface area contributed by atoms with Gasteiger partial charge in [-0.1, -0.05) is 173 Å². The summed E-state index contributed by atoms with van der Waals surface area (Å²) in [5, 5.41) is 4.81. The van der Waals surface area contributed by atoms with Gasteiger partial charge in [-0.15, -0.1) is 0 Å². The number of furan rings is 1. The van der Waals surface area contributed by atoms with Crippen molar-refractivity contribution in [3.05, 3.63) is 235 Å². The first kappa shape index (κ1) is 38.5. The van der Waals surface area contributed by atoms with Crippen LogP contribution < -0.4 is 4.90 Å². The average Bonchev–Trinajstić information content (AvgIpc) is 3.93. The molecule has 0 fully saturated rings. The van der Waals surface area contributed by atoms with E-state index in [4.69, 9.17) is 4.42 Å². The second-order valence-electron chi connectivity index (χ2n) is 19.3. The number of hydrogen-bond acceptors (Lipinski definition) is 2. The Kier molecular flexibility index (Phi) is 8.33. The summed E-state index contributed by atoms with van der Waals surface area (Å²) < 4.78 is 6.19. The Bertz CT molecular complexity index is 3750. The molecule has 0 unspecified atom stereocenters. The van der Waals surface area contributed by atoms with Crippen molar-refractivity contribution in [3.8, 4) is 55.6 Å². The zero-order chi connectivity index (χ0) is 44.3. The highest BCUT2D eigenvalue weighted by atomic mass is 16.3. The highest BCUT2D eigenvalue weighted by Crippen LogP contribution is 2.54. The number of anilines is 3. The second-order valence-corrected chi connectivity index (χ2v) is 19.3. The Morgan fingerprint density at radius 3 is 1.44 bits per heavy atom. The second kappa shape index (κ2) is 14.3. The van der Waals surface area contributed by atoms with Crippen LogP contribution in [0, 0.1) is 0 Å². The normalized spacial score (nSPS) is 14.0. The zero-order valence-electron chi connectivity index (χ0n) is 37.6. The van der Waals surface area contributed by atoms with Crippen LogP contribution in [0.3, 0.4) is 0 Å². The molecule has 0 N–H and O–H groups in total. The first-order valence-electron chi connectivity index (χ1n) is 23.2. The van der Waals surface area contributed by atoms with Crippen LogP contribution in [-0.4, -0.2) is 0 Å². The molecule has 0 radical (unpaired) electrons. The maximum absolute atomic E-state index is 6.19. The number of hydrogen-bond donors (Lipinski definition) is 0. The summed E-state index contributed by atoms with van der Waals surface area (Å²) in [4.78, 5) is 2.47. The molecule has 0 saturated carbocycles. The van der Waals surface area contributed by atoms with Gasteiger partial charge in [0.1, 0.15) is 11.2 Å². The van der Waals surface area contributed by atoms with E-state index >= 15 is 0 Å². The van der Waals surface area contributed by atoms with Gasteiger partial charge in [0.2, 0.25) is 0 Å². The predicted molar refractivity (Wildman–Crippen MR) is 277 cm³/mol. The maximum Gasteiger partial charge on any atom is 0.135 e. The van der Waals surface area contributed by atoms with Gasteiger partial charge >= 0.3 is 0 Å². The number of benzene rings is 10. The lowest BCUT2D eigenvalue weighted by atomic mass is 9.81. The van der Waals surface area contributed by atoms with Crippen LogP contribution in [0.15, 0.2) is 217 Å². The molecule has 1 aromatic heterocycles. The Labute approximate surface area is 386 Å². The standard InChI is InChI=1S/C64H47NO/c1-63(2)57-36-44(40-13-6-5-7-14-40)23-30-51(57)53-32-28-47(38-59(53)63)65(46-26-21-42(22-27-46)50-19-12-16-41-15-8-9-17-49(41)50)48-29-33-54-52-31-24-45(37-58(52)64(3,4)60(54)39-48)43-25-34-62-56(35-43)55-18-10-11-20-61(55)66-62/h5-39H,1-4H3. The Balaban J connectivity index is 0.920. The van der Waals surface area contributed by atoms with Gasteiger partial charge in [-0.25, -0.2) is 0 Å². The summed E-state index contributed by atoms with van der Waals surface area (Å²) >= 11 is 0. The van der Waals surface area contributed by atoms with Crippen molar-refractivity contribution in [1.29, 1.82) is 0 Å². The first-order valence-corrected chi connectivity index (χ1v) is 23.2. The summed E-state index contributed by atoms with van der Waals surface area (Å²) in [5.74, 6) is 0. The lowest BCUT2D eigenvalue weighted by molar-refractivity contribution is 0.660. The molecular weight excluding hydrogens is 799 g/mol. The highest BCUT2D eigenvalue weighted by molar-refractivity contribution is 6.06. The van der Waals surface area contributed by atoms with E-state index in [9.17, 15) is 0 Å². The molecule has 0 bridgehead atoms. The fourth-order valence-electron chi connectivity index (χ4n) is 11.3. The molecule has 10 aromatic carbocycles. The van der Waals surface area contributed by atoms with Crippen LogP contribution in [0.1, 0.15) is 49.9 Å². The van der Waals surface area contributed by atoms with Crippen LogP contribution in [0.25, 0.3) is 88.3 Å². The van der Waals surface area contributed by atoms with Crippen molar-refractivity contribution in [2.75, 3.05) is 4.90 Å². The minimum absolute atomic E-state index is 0.191. The maximum atomic E-state index is 6.19. The smallest absolute Gasteiger partial charge is 0.135 e. The van der Waals surface area contributed by atoms with Crippen LogP contribution in [-0.2, 0) is 10.8 Å². The van der Waals surface area contributed by atoms with Crippen molar-refractivity contribution in [2.24, 2.45) is 0 Å². The van der Waals surface area contributed by atoms with E-state index in [1.54, 1.807) is 0 Å². The number of nitrogens with zero attached hydrogens (tertiary/aromatic N) is 1. The molecule has 0 atom stereocenters. The molecular formula is C64H47NO. The van der Waals surface area contributed by atoms with Crippen LogP contribution in [0.4, 0.5) is 17.1 Å². The van der Waals surface area contributed by atoms with E-state index in [1.165, 1.54) is 88.7 Å². The molecule has 2 aliphatic rings. The van der Waals surface area contributed by atoms with Gasteiger partial charge in [-0.3, -0.25) is 0 Å². The van der Waals surface area contributed by atoms with Crippen LogP contribution >= 0.6 is 0 Å². The van der Waals surface area contributed by atoms with Crippen LogP contribution in [0.2, 0.25) is 0 Å². The minimum atomic E-state index is -0.231. The fourth-order valence-corrected chi connectivity index (χ4v) is 11.3. The minimum Gasteiger partial charge on any atom is -0.456 e. The van der Waals surface area contributed by atoms with Crippen molar-refractivity contribution in [1.82, 2.24) is 0 Å². The van der Waals surface area contributed by atoms with Gasteiger partial charge in [0.15, 0.2) is 0 Å². The largest absolute Gasteiger partial charge is 0.456 e. The lowest BCUT2D eigenvalue weighted by Gasteiger charge is -2.30. The zero-order valence-corrected chi connectivity index (χ0v) is 37.6. The van der Waals surface area contributed by atoms with E-state index in [0.717, 1.165) is 39.0 Å². The van der Waals surface area contributed by atoms with Gasteiger partial charge < -0.3 is 9.32 Å². The summed E-state index contributed by atoms with van der Waals surface area (Å²) in [5.41, 5.74) is 22.8. The van der Waals surface area contributed by atoms with E-state index < -0.39 is 0 Å². The molecule has 0 aliphatic heterocycles. The molecule has 0 amide bonds. The Morgan fingerprint density at radius 1 is 0.303 bits per heavy atom. The predicted octanol–water partition coefficient (Wildman–Crippen LogP) is 17.8. The van der Waals surface area contributed by atoms with Gasteiger partial charge in [0.05, 0.1) is 0 Å². The van der Waals surface area contributed by atoms with Gasteiger partial charge in [-0.05, 0) is 155 Å². The third-order valence-corrected chi connectivity index (χ3v) is 14.9. The average molecular weight is 846 g/mol. The highest BCUT2D eigenvalue weighted by Gasteiger charge is 2.38. The fraction of sp³-hybridized carbons (Fsp3) is 0.0938. The van der Waals surface area contributed by atoms with Crippen LogP contribution in [0.5, 0.6) is 0 Å². The monoisotopic (exact) mass is 845 g/mol. The van der Waals surface area contributed by atoms with E-state index in [1.807, 2.05) is 12.1 Å². The van der Waals surface area contributed by atoms with Crippen molar-refractivity contribution in [3.63, 3.8) is 0 Å². The molecule has 0 saturated heterocycles. The summed E-state index contributed by atoms with van der Waals surface area (Å²) in [6.07, 6.45) is 0. The van der Waals surface area contributed by atoms with E-state index in [0.29, 0.717) is 0 Å². The molecule has 2 aliphatic carbocycles.